The normalized spacial score (nSPS) is 23.1. The van der Waals surface area contributed by atoms with Crippen LogP contribution in [0.4, 0.5) is 5.69 Å². The van der Waals surface area contributed by atoms with Crippen molar-refractivity contribution in [2.45, 2.75) is 25.3 Å². The van der Waals surface area contributed by atoms with Crippen molar-refractivity contribution in [3.63, 3.8) is 0 Å². The number of nitrogens with one attached hydrogen (secondary N) is 2. The number of hydrogen-bond donors (Lipinski definition) is 2. The topological polar surface area (TPSA) is 41.1 Å². The van der Waals surface area contributed by atoms with Crippen molar-refractivity contribution in [2.75, 3.05) is 11.9 Å². The minimum absolute atomic E-state index is 0.105. The van der Waals surface area contributed by atoms with Crippen LogP contribution in [-0.2, 0) is 4.79 Å². The molecule has 1 aliphatic heterocycles. The van der Waals surface area contributed by atoms with Crippen molar-refractivity contribution < 1.29 is 4.79 Å². The molecule has 18 heavy (non-hydrogen) atoms. The summed E-state index contributed by atoms with van der Waals surface area (Å²) in [7, 11) is 0. The van der Waals surface area contributed by atoms with Gasteiger partial charge in [-0.2, -0.15) is 0 Å². The standard InChI is InChI=1S/C12H13BrCl2N2O/c1-12(3-2-4-16-12)11(18)17-10-8(14)5-7(13)6-9(10)15/h5-6,16H,2-4H2,1H3,(H,17,18). The fourth-order valence-electron chi connectivity index (χ4n) is 2.00. The Morgan fingerprint density at radius 1 is 1.44 bits per heavy atom. The van der Waals surface area contributed by atoms with Crippen molar-refractivity contribution >= 4 is 50.7 Å². The number of carbonyl (C=O) groups excluding carboxylic acids is 1. The molecule has 0 spiro atoms. The van der Waals surface area contributed by atoms with Crippen molar-refractivity contribution in [2.24, 2.45) is 0 Å². The van der Waals surface area contributed by atoms with Crippen LogP contribution in [0.2, 0.25) is 10.0 Å². The highest BCUT2D eigenvalue weighted by atomic mass is 79.9. The zero-order valence-corrected chi connectivity index (χ0v) is 12.9. The highest BCUT2D eigenvalue weighted by molar-refractivity contribution is 9.10. The van der Waals surface area contributed by atoms with Gasteiger partial charge in [0.1, 0.15) is 0 Å². The van der Waals surface area contributed by atoms with E-state index < -0.39 is 5.54 Å². The van der Waals surface area contributed by atoms with Gasteiger partial charge in [0.25, 0.3) is 0 Å². The maximum atomic E-state index is 12.2. The molecule has 0 bridgehead atoms. The summed E-state index contributed by atoms with van der Waals surface area (Å²) in [6.07, 6.45) is 1.80. The smallest absolute Gasteiger partial charge is 0.244 e. The Labute approximate surface area is 124 Å². The van der Waals surface area contributed by atoms with E-state index >= 15 is 0 Å². The van der Waals surface area contributed by atoms with Gasteiger partial charge >= 0.3 is 0 Å². The Morgan fingerprint density at radius 3 is 2.56 bits per heavy atom. The largest absolute Gasteiger partial charge is 0.322 e. The second-order valence-corrected chi connectivity index (χ2v) is 6.29. The molecule has 6 heteroatoms. The van der Waals surface area contributed by atoms with Gasteiger partial charge in [-0.05, 0) is 38.4 Å². The molecule has 1 aromatic carbocycles. The maximum absolute atomic E-state index is 12.2. The van der Waals surface area contributed by atoms with Crippen LogP contribution in [0.1, 0.15) is 19.8 Å². The van der Waals surface area contributed by atoms with E-state index in [1.54, 1.807) is 12.1 Å². The summed E-state index contributed by atoms with van der Waals surface area (Å²) >= 11 is 15.5. The summed E-state index contributed by atoms with van der Waals surface area (Å²) in [6.45, 7) is 2.74. The monoisotopic (exact) mass is 350 g/mol. The van der Waals surface area contributed by atoms with Gasteiger partial charge < -0.3 is 10.6 Å². The van der Waals surface area contributed by atoms with Crippen LogP contribution >= 0.6 is 39.1 Å². The molecule has 0 radical (unpaired) electrons. The Hall–Kier alpha value is -0.290. The lowest BCUT2D eigenvalue weighted by Gasteiger charge is -2.23. The molecule has 98 valence electrons. The second kappa shape index (κ2) is 5.37. The Bertz CT molecular complexity index is 464. The summed E-state index contributed by atoms with van der Waals surface area (Å²) in [6, 6.07) is 3.40. The number of anilines is 1. The van der Waals surface area contributed by atoms with E-state index in [1.165, 1.54) is 0 Å². The third-order valence-corrected chi connectivity index (χ3v) is 4.17. The molecule has 1 fully saturated rings. The van der Waals surface area contributed by atoms with E-state index in [2.05, 4.69) is 26.6 Å². The van der Waals surface area contributed by atoms with Crippen LogP contribution < -0.4 is 10.6 Å². The summed E-state index contributed by atoms with van der Waals surface area (Å²) in [5.74, 6) is -0.105. The lowest BCUT2D eigenvalue weighted by Crippen LogP contribution is -2.48. The van der Waals surface area contributed by atoms with E-state index in [1.807, 2.05) is 6.92 Å². The minimum Gasteiger partial charge on any atom is -0.322 e. The average molecular weight is 352 g/mol. The van der Waals surface area contributed by atoms with Gasteiger partial charge in [0, 0.05) is 4.47 Å². The number of halogens is 3. The van der Waals surface area contributed by atoms with Gasteiger partial charge in [-0.3, -0.25) is 4.79 Å². The van der Waals surface area contributed by atoms with Crippen LogP contribution in [0.5, 0.6) is 0 Å². The first kappa shape index (κ1) is 14.1. The molecule has 1 heterocycles. The van der Waals surface area contributed by atoms with Gasteiger partial charge in [0.05, 0.1) is 21.3 Å². The predicted molar refractivity (Wildman–Crippen MR) is 78.4 cm³/mol. The van der Waals surface area contributed by atoms with E-state index in [9.17, 15) is 4.79 Å². The van der Waals surface area contributed by atoms with Gasteiger partial charge in [-0.15, -0.1) is 0 Å². The van der Waals surface area contributed by atoms with E-state index in [0.717, 1.165) is 23.9 Å². The fourth-order valence-corrected chi connectivity index (χ4v) is 3.30. The second-order valence-electron chi connectivity index (χ2n) is 4.56. The molecule has 1 saturated heterocycles. The summed E-state index contributed by atoms with van der Waals surface area (Å²) in [5.41, 5.74) is -0.0822. The predicted octanol–water partition coefficient (Wildman–Crippen LogP) is 3.84. The van der Waals surface area contributed by atoms with Gasteiger partial charge in [0.15, 0.2) is 0 Å². The summed E-state index contributed by atoms with van der Waals surface area (Å²) < 4.78 is 0.778. The third kappa shape index (κ3) is 2.82. The average Bonchev–Trinajstić information content (AvgIpc) is 2.71. The molecule has 1 amide bonds. The first-order valence-corrected chi connectivity index (χ1v) is 7.18. The van der Waals surface area contributed by atoms with Crippen LogP contribution in [0.25, 0.3) is 0 Å². The molecule has 2 rings (SSSR count). The lowest BCUT2D eigenvalue weighted by atomic mass is 9.99. The molecule has 2 N–H and O–H groups in total. The number of hydrogen-bond acceptors (Lipinski definition) is 2. The third-order valence-electron chi connectivity index (χ3n) is 3.12. The highest BCUT2D eigenvalue weighted by Crippen LogP contribution is 2.34. The Balaban J connectivity index is 2.22. The van der Waals surface area contributed by atoms with Crippen LogP contribution in [0.3, 0.4) is 0 Å². The quantitative estimate of drug-likeness (QED) is 0.849. The Morgan fingerprint density at radius 2 is 2.06 bits per heavy atom. The zero-order chi connectivity index (χ0) is 13.3. The molecule has 1 atom stereocenters. The highest BCUT2D eigenvalue weighted by Gasteiger charge is 2.36. The molecular weight excluding hydrogens is 339 g/mol. The van der Waals surface area contributed by atoms with Gasteiger partial charge in [-0.1, -0.05) is 39.1 Å². The fraction of sp³-hybridized carbons (Fsp3) is 0.417. The number of amides is 1. The minimum atomic E-state index is -0.542. The van der Waals surface area contributed by atoms with E-state index in [0.29, 0.717) is 15.7 Å². The van der Waals surface area contributed by atoms with Crippen LogP contribution in [0.15, 0.2) is 16.6 Å². The maximum Gasteiger partial charge on any atom is 0.244 e. The Kier molecular flexibility index (Phi) is 4.22. The van der Waals surface area contributed by atoms with Gasteiger partial charge in [0.2, 0.25) is 5.91 Å². The molecule has 1 unspecified atom stereocenters. The molecule has 1 aromatic rings. The molecular formula is C12H13BrCl2N2O. The number of carbonyl (C=O) groups is 1. The van der Waals surface area contributed by atoms with Crippen LogP contribution in [-0.4, -0.2) is 18.0 Å². The molecule has 3 nitrogen and oxygen atoms in total. The number of benzene rings is 1. The first-order chi connectivity index (χ1) is 8.42. The molecule has 1 aliphatic rings. The van der Waals surface area contributed by atoms with E-state index in [4.69, 9.17) is 23.2 Å². The number of rotatable bonds is 2. The first-order valence-electron chi connectivity index (χ1n) is 5.63. The lowest BCUT2D eigenvalue weighted by molar-refractivity contribution is -0.121. The van der Waals surface area contributed by atoms with Crippen molar-refractivity contribution in [1.82, 2.24) is 5.32 Å². The van der Waals surface area contributed by atoms with E-state index in [-0.39, 0.29) is 5.91 Å². The zero-order valence-electron chi connectivity index (χ0n) is 9.82. The van der Waals surface area contributed by atoms with Crippen molar-refractivity contribution in [3.8, 4) is 0 Å². The molecule has 0 aromatic heterocycles. The van der Waals surface area contributed by atoms with Crippen molar-refractivity contribution in [3.05, 3.63) is 26.7 Å². The van der Waals surface area contributed by atoms with Crippen LogP contribution in [0, 0.1) is 0 Å². The summed E-state index contributed by atoms with van der Waals surface area (Å²) in [5, 5.41) is 6.84. The molecule has 0 aliphatic carbocycles. The van der Waals surface area contributed by atoms with Crippen molar-refractivity contribution in [1.29, 1.82) is 0 Å². The SMILES string of the molecule is CC1(C(=O)Nc2c(Cl)cc(Br)cc2Cl)CCCN1. The van der Waals surface area contributed by atoms with Gasteiger partial charge in [-0.25, -0.2) is 0 Å². The molecule has 0 saturated carbocycles. The summed E-state index contributed by atoms with van der Waals surface area (Å²) in [4.78, 5) is 12.2.